The van der Waals surface area contributed by atoms with Crippen molar-refractivity contribution < 1.29 is 9.47 Å². The molecule has 3 rings (SSSR count). The number of nitrogens with zero attached hydrogens (tertiary/aromatic N) is 3. The van der Waals surface area contributed by atoms with E-state index in [9.17, 15) is 0 Å². The number of guanidine groups is 1. The second-order valence-corrected chi connectivity index (χ2v) is 7.66. The maximum atomic E-state index is 5.48. The molecule has 1 aliphatic rings. The normalized spacial score (nSPS) is 14.0. The first-order chi connectivity index (χ1) is 13.7. The number of hydrogen-bond acceptors (Lipinski definition) is 5. The van der Waals surface area contributed by atoms with Crippen LogP contribution >= 0.6 is 11.3 Å². The highest BCUT2D eigenvalue weighted by Gasteiger charge is 2.21. The lowest BCUT2D eigenvalue weighted by molar-refractivity contribution is 0.346. The maximum absolute atomic E-state index is 5.48. The van der Waals surface area contributed by atoms with Gasteiger partial charge in [-0.15, -0.1) is 11.3 Å². The van der Waals surface area contributed by atoms with Crippen LogP contribution in [0.3, 0.4) is 0 Å². The smallest absolute Gasteiger partial charge is 0.194 e. The highest BCUT2D eigenvalue weighted by molar-refractivity contribution is 7.09. The van der Waals surface area contributed by atoms with E-state index in [4.69, 9.17) is 14.5 Å². The van der Waals surface area contributed by atoms with Gasteiger partial charge in [-0.25, -0.2) is 4.98 Å². The summed E-state index contributed by atoms with van der Waals surface area (Å²) in [7, 11) is 3.36. The fourth-order valence-corrected chi connectivity index (χ4v) is 4.17. The molecule has 1 aromatic carbocycles. The zero-order valence-electron chi connectivity index (χ0n) is 17.2. The van der Waals surface area contributed by atoms with Crippen LogP contribution in [-0.4, -0.2) is 49.7 Å². The summed E-state index contributed by atoms with van der Waals surface area (Å²) in [6, 6.07) is 4.19. The van der Waals surface area contributed by atoms with Gasteiger partial charge < -0.3 is 19.7 Å². The predicted molar refractivity (Wildman–Crippen MR) is 115 cm³/mol. The number of aryl methyl sites for hydroxylation is 1. The van der Waals surface area contributed by atoms with Crippen LogP contribution < -0.4 is 14.8 Å². The molecule has 0 atom stereocenters. The number of hydrogen-bond donors (Lipinski definition) is 1. The Kier molecular flexibility index (Phi) is 7.14. The Hall–Kier alpha value is -2.28. The Labute approximate surface area is 171 Å². The largest absolute Gasteiger partial charge is 0.493 e. The number of benzene rings is 1. The summed E-state index contributed by atoms with van der Waals surface area (Å²) in [6.45, 7) is 7.59. The van der Waals surface area contributed by atoms with Gasteiger partial charge in [-0.2, -0.15) is 0 Å². The van der Waals surface area contributed by atoms with E-state index in [1.165, 1.54) is 16.1 Å². The molecule has 6 nitrogen and oxygen atoms in total. The van der Waals surface area contributed by atoms with Gasteiger partial charge >= 0.3 is 0 Å². The van der Waals surface area contributed by atoms with Crippen LogP contribution in [0.5, 0.6) is 11.5 Å². The van der Waals surface area contributed by atoms with E-state index >= 15 is 0 Å². The zero-order valence-corrected chi connectivity index (χ0v) is 18.1. The van der Waals surface area contributed by atoms with Gasteiger partial charge in [0.1, 0.15) is 0 Å². The quantitative estimate of drug-likeness (QED) is 0.569. The van der Waals surface area contributed by atoms with Gasteiger partial charge in [0.15, 0.2) is 17.5 Å². The molecule has 2 heterocycles. The number of thiazole rings is 1. The molecule has 0 saturated heterocycles. The summed E-state index contributed by atoms with van der Waals surface area (Å²) in [6.07, 6.45) is 2.84. The molecule has 1 aliphatic heterocycles. The third-order valence-electron chi connectivity index (χ3n) is 4.88. The minimum Gasteiger partial charge on any atom is -0.493 e. The third-order valence-corrected chi connectivity index (χ3v) is 5.93. The molecular weight excluding hydrogens is 372 g/mol. The lowest BCUT2D eigenvalue weighted by Crippen LogP contribution is -2.44. The van der Waals surface area contributed by atoms with Gasteiger partial charge in [-0.3, -0.25) is 4.99 Å². The third kappa shape index (κ3) is 4.76. The Morgan fingerprint density at radius 1 is 1.21 bits per heavy atom. The average molecular weight is 403 g/mol. The first-order valence-corrected chi connectivity index (χ1v) is 10.8. The molecule has 2 aromatic rings. The minimum atomic E-state index is 0.741. The molecule has 0 fully saturated rings. The Morgan fingerprint density at radius 3 is 2.61 bits per heavy atom. The number of aliphatic imine (C=N–C) groups is 1. The van der Waals surface area contributed by atoms with Crippen LogP contribution in [0.1, 0.15) is 35.7 Å². The van der Waals surface area contributed by atoms with Crippen molar-refractivity contribution >= 4 is 17.3 Å². The van der Waals surface area contributed by atoms with Crippen LogP contribution in [0.15, 0.2) is 22.5 Å². The highest BCUT2D eigenvalue weighted by Crippen LogP contribution is 2.33. The molecule has 152 valence electrons. The first kappa shape index (κ1) is 20.5. The van der Waals surface area contributed by atoms with Crippen molar-refractivity contribution in [3.63, 3.8) is 0 Å². The topological polar surface area (TPSA) is 59.0 Å². The summed E-state index contributed by atoms with van der Waals surface area (Å²) >= 11 is 1.74. The van der Waals surface area contributed by atoms with E-state index in [2.05, 4.69) is 46.6 Å². The van der Waals surface area contributed by atoms with Crippen LogP contribution in [-0.2, 0) is 25.8 Å². The Balaban J connectivity index is 1.70. The summed E-state index contributed by atoms with van der Waals surface area (Å²) < 4.78 is 10.9. The number of nitrogens with one attached hydrogen (secondary N) is 1. The van der Waals surface area contributed by atoms with Gasteiger partial charge in [0, 0.05) is 38.0 Å². The van der Waals surface area contributed by atoms with Crippen molar-refractivity contribution in [2.24, 2.45) is 4.99 Å². The summed E-state index contributed by atoms with van der Waals surface area (Å²) in [5.74, 6) is 2.54. The van der Waals surface area contributed by atoms with Crippen LogP contribution in [0.25, 0.3) is 0 Å². The van der Waals surface area contributed by atoms with E-state index in [0.717, 1.165) is 68.6 Å². The van der Waals surface area contributed by atoms with Crippen molar-refractivity contribution in [2.75, 3.05) is 33.9 Å². The molecule has 0 amide bonds. The van der Waals surface area contributed by atoms with E-state index in [0.29, 0.717) is 0 Å². The first-order valence-electron chi connectivity index (χ1n) is 9.88. The van der Waals surface area contributed by atoms with Crippen molar-refractivity contribution in [1.29, 1.82) is 0 Å². The van der Waals surface area contributed by atoms with Crippen LogP contribution in [0.2, 0.25) is 0 Å². The van der Waals surface area contributed by atoms with Crippen molar-refractivity contribution in [2.45, 2.75) is 39.7 Å². The number of ether oxygens (including phenoxy) is 2. The summed E-state index contributed by atoms with van der Waals surface area (Å²) in [4.78, 5) is 11.8. The molecule has 0 saturated carbocycles. The molecule has 0 aliphatic carbocycles. The molecule has 1 N–H and O–H groups in total. The number of rotatable bonds is 7. The molecule has 0 bridgehead atoms. The summed E-state index contributed by atoms with van der Waals surface area (Å²) in [5, 5.41) is 6.79. The van der Waals surface area contributed by atoms with Gasteiger partial charge in [0.05, 0.1) is 24.9 Å². The lowest BCUT2D eigenvalue weighted by atomic mass is 9.99. The molecule has 0 unspecified atom stereocenters. The highest BCUT2D eigenvalue weighted by atomic mass is 32.1. The molecule has 7 heteroatoms. The van der Waals surface area contributed by atoms with Gasteiger partial charge in [0.25, 0.3) is 0 Å². The van der Waals surface area contributed by atoms with Crippen LogP contribution in [0, 0.1) is 0 Å². The van der Waals surface area contributed by atoms with Gasteiger partial charge in [0.2, 0.25) is 0 Å². The van der Waals surface area contributed by atoms with E-state index in [1.807, 2.05) is 0 Å². The maximum Gasteiger partial charge on any atom is 0.194 e. The average Bonchev–Trinajstić information content (AvgIpc) is 3.19. The summed E-state index contributed by atoms with van der Waals surface area (Å²) in [5.41, 5.74) is 3.73. The second-order valence-electron chi connectivity index (χ2n) is 6.72. The second kappa shape index (κ2) is 9.78. The standard InChI is InChI=1S/C21H30N4O2S/c1-5-20-24-17(14-28-20)7-9-23-21(22-6-2)25-10-8-15-11-18(26-3)19(27-4)12-16(15)13-25/h11-12,14H,5-10,13H2,1-4H3,(H,22,23). The SMILES string of the molecule is CCNC(=NCCc1csc(CC)n1)N1CCc2cc(OC)c(OC)cc2C1. The van der Waals surface area contributed by atoms with E-state index in [-0.39, 0.29) is 0 Å². The molecule has 28 heavy (non-hydrogen) atoms. The van der Waals surface area contributed by atoms with E-state index < -0.39 is 0 Å². The van der Waals surface area contributed by atoms with Gasteiger partial charge in [-0.1, -0.05) is 6.92 Å². The van der Waals surface area contributed by atoms with Gasteiger partial charge in [-0.05, 0) is 43.0 Å². The Morgan fingerprint density at radius 2 is 1.96 bits per heavy atom. The van der Waals surface area contributed by atoms with Crippen LogP contribution in [0.4, 0.5) is 0 Å². The fourth-order valence-electron chi connectivity index (χ4n) is 3.39. The monoisotopic (exact) mass is 402 g/mol. The van der Waals surface area contributed by atoms with Crippen molar-refractivity contribution in [3.8, 4) is 11.5 Å². The lowest BCUT2D eigenvalue weighted by Gasteiger charge is -2.32. The number of methoxy groups -OCH3 is 2. The molecule has 0 radical (unpaired) electrons. The van der Waals surface area contributed by atoms with E-state index in [1.54, 1.807) is 25.6 Å². The molecular formula is C21H30N4O2S. The molecule has 0 spiro atoms. The minimum absolute atomic E-state index is 0.741. The number of aromatic nitrogens is 1. The predicted octanol–water partition coefficient (Wildman–Crippen LogP) is 3.29. The Bertz CT molecular complexity index is 819. The number of fused-ring (bicyclic) bond motifs is 1. The molecule has 1 aromatic heterocycles. The van der Waals surface area contributed by atoms with Crippen molar-refractivity contribution in [3.05, 3.63) is 39.3 Å². The fraction of sp³-hybridized carbons (Fsp3) is 0.524. The van der Waals surface area contributed by atoms with Crippen molar-refractivity contribution in [1.82, 2.24) is 15.2 Å². The zero-order chi connectivity index (χ0) is 19.9.